The van der Waals surface area contributed by atoms with Crippen molar-refractivity contribution in [1.29, 1.82) is 0 Å². The zero-order valence-corrected chi connectivity index (χ0v) is 18.6. The highest BCUT2D eigenvalue weighted by molar-refractivity contribution is 7.10. The standard InChI is InChI=1S/C25H26N2O3S/c1-3-18-7-4-5-10-22(18)30-16-24(28)26-21-9-6-8-20(17(21)2)25(29)27-13-11-23-19(15-27)12-14-31-23/h4-10,12,14H,3,11,13,15-16H2,1-2H3,(H,26,28). The van der Waals surface area contributed by atoms with Crippen LogP contribution in [0.3, 0.4) is 0 Å². The fourth-order valence-corrected chi connectivity index (χ4v) is 4.75. The van der Waals surface area contributed by atoms with Gasteiger partial charge >= 0.3 is 0 Å². The number of aryl methyl sites for hydroxylation is 1. The van der Waals surface area contributed by atoms with Crippen LogP contribution in [-0.2, 0) is 24.2 Å². The molecule has 1 aromatic heterocycles. The van der Waals surface area contributed by atoms with Gasteiger partial charge in [0.05, 0.1) is 0 Å². The largest absolute Gasteiger partial charge is 0.483 e. The van der Waals surface area contributed by atoms with Crippen LogP contribution in [0.5, 0.6) is 5.75 Å². The Kier molecular flexibility index (Phi) is 6.37. The molecule has 0 atom stereocenters. The quantitative estimate of drug-likeness (QED) is 0.604. The maximum Gasteiger partial charge on any atom is 0.262 e. The molecular formula is C25H26N2O3S. The summed E-state index contributed by atoms with van der Waals surface area (Å²) in [5, 5.41) is 4.98. The number of thiophene rings is 1. The Morgan fingerprint density at radius 1 is 1.13 bits per heavy atom. The molecule has 0 radical (unpaired) electrons. The van der Waals surface area contributed by atoms with Gasteiger partial charge in [0.25, 0.3) is 11.8 Å². The van der Waals surface area contributed by atoms with Crippen LogP contribution in [-0.4, -0.2) is 29.9 Å². The molecule has 1 aliphatic rings. The lowest BCUT2D eigenvalue weighted by molar-refractivity contribution is -0.118. The molecule has 0 unspecified atom stereocenters. The summed E-state index contributed by atoms with van der Waals surface area (Å²) in [5.41, 5.74) is 4.32. The highest BCUT2D eigenvalue weighted by Crippen LogP contribution is 2.27. The average Bonchev–Trinajstić information content (AvgIpc) is 3.27. The fourth-order valence-electron chi connectivity index (χ4n) is 3.86. The molecule has 0 saturated heterocycles. The Morgan fingerprint density at radius 3 is 2.81 bits per heavy atom. The SMILES string of the molecule is CCc1ccccc1OCC(=O)Nc1cccc(C(=O)N2CCc3sccc3C2)c1C. The first-order valence-corrected chi connectivity index (χ1v) is 11.4. The number of nitrogens with zero attached hydrogens (tertiary/aromatic N) is 1. The van der Waals surface area contributed by atoms with Crippen molar-refractivity contribution in [3.05, 3.63) is 81.0 Å². The van der Waals surface area contributed by atoms with Crippen LogP contribution in [0.1, 0.15) is 38.8 Å². The lowest BCUT2D eigenvalue weighted by Crippen LogP contribution is -2.35. The van der Waals surface area contributed by atoms with Crippen LogP contribution in [0.4, 0.5) is 5.69 Å². The number of amides is 2. The molecule has 4 rings (SSSR count). The van der Waals surface area contributed by atoms with E-state index in [1.165, 1.54) is 10.4 Å². The predicted octanol–water partition coefficient (Wildman–Crippen LogP) is 4.83. The lowest BCUT2D eigenvalue weighted by atomic mass is 10.0. The number of fused-ring (bicyclic) bond motifs is 1. The molecule has 31 heavy (non-hydrogen) atoms. The van der Waals surface area contributed by atoms with Gasteiger partial charge in [-0.1, -0.05) is 31.2 Å². The summed E-state index contributed by atoms with van der Waals surface area (Å²) in [6.45, 7) is 5.19. The Morgan fingerprint density at radius 2 is 1.97 bits per heavy atom. The normalized spacial score (nSPS) is 12.9. The summed E-state index contributed by atoms with van der Waals surface area (Å²) in [5.74, 6) is 0.469. The lowest BCUT2D eigenvalue weighted by Gasteiger charge is -2.28. The molecule has 2 amide bonds. The van der Waals surface area contributed by atoms with E-state index >= 15 is 0 Å². The maximum absolute atomic E-state index is 13.2. The van der Waals surface area contributed by atoms with Gasteiger partial charge in [-0.15, -0.1) is 11.3 Å². The molecular weight excluding hydrogens is 408 g/mol. The van der Waals surface area contributed by atoms with Crippen molar-refractivity contribution >= 4 is 28.8 Å². The molecule has 0 bridgehead atoms. The molecule has 2 aromatic carbocycles. The topological polar surface area (TPSA) is 58.6 Å². The number of nitrogens with one attached hydrogen (secondary N) is 1. The van der Waals surface area contributed by atoms with E-state index in [0.717, 1.165) is 29.7 Å². The van der Waals surface area contributed by atoms with Crippen LogP contribution in [0.2, 0.25) is 0 Å². The molecule has 0 aliphatic carbocycles. The smallest absolute Gasteiger partial charge is 0.262 e. The minimum Gasteiger partial charge on any atom is -0.483 e. The summed E-state index contributed by atoms with van der Waals surface area (Å²) in [4.78, 5) is 28.9. The summed E-state index contributed by atoms with van der Waals surface area (Å²) < 4.78 is 5.71. The number of carbonyl (C=O) groups is 2. The number of hydrogen-bond acceptors (Lipinski definition) is 4. The molecule has 0 saturated carbocycles. The highest BCUT2D eigenvalue weighted by Gasteiger charge is 2.24. The number of para-hydroxylation sites is 1. The predicted molar refractivity (Wildman–Crippen MR) is 124 cm³/mol. The zero-order valence-electron chi connectivity index (χ0n) is 17.8. The van der Waals surface area contributed by atoms with Crippen LogP contribution in [0.25, 0.3) is 0 Å². The van der Waals surface area contributed by atoms with E-state index in [2.05, 4.69) is 23.7 Å². The van der Waals surface area contributed by atoms with Gasteiger partial charge < -0.3 is 15.0 Å². The number of carbonyl (C=O) groups excluding carboxylic acids is 2. The Balaban J connectivity index is 1.42. The van der Waals surface area contributed by atoms with Gasteiger partial charge in [0, 0.05) is 29.2 Å². The van der Waals surface area contributed by atoms with E-state index in [-0.39, 0.29) is 18.4 Å². The van der Waals surface area contributed by atoms with Gasteiger partial charge in [0.15, 0.2) is 6.61 Å². The van der Waals surface area contributed by atoms with E-state index in [4.69, 9.17) is 4.74 Å². The molecule has 2 heterocycles. The van der Waals surface area contributed by atoms with Gasteiger partial charge in [0.2, 0.25) is 0 Å². The van der Waals surface area contributed by atoms with Crippen molar-refractivity contribution in [2.45, 2.75) is 33.2 Å². The minimum atomic E-state index is -0.250. The highest BCUT2D eigenvalue weighted by atomic mass is 32.1. The second kappa shape index (κ2) is 9.35. The Labute approximate surface area is 186 Å². The van der Waals surface area contributed by atoms with E-state index < -0.39 is 0 Å². The zero-order chi connectivity index (χ0) is 21.8. The molecule has 1 N–H and O–H groups in total. The van der Waals surface area contributed by atoms with Crippen molar-refractivity contribution < 1.29 is 14.3 Å². The molecule has 5 nitrogen and oxygen atoms in total. The van der Waals surface area contributed by atoms with E-state index in [1.807, 2.05) is 54.3 Å². The van der Waals surface area contributed by atoms with Gasteiger partial charge in [-0.05, 0) is 66.1 Å². The van der Waals surface area contributed by atoms with Crippen molar-refractivity contribution in [2.75, 3.05) is 18.5 Å². The van der Waals surface area contributed by atoms with E-state index in [0.29, 0.717) is 24.3 Å². The third kappa shape index (κ3) is 4.64. The number of anilines is 1. The average molecular weight is 435 g/mol. The summed E-state index contributed by atoms with van der Waals surface area (Å²) in [7, 11) is 0. The number of benzene rings is 2. The fraction of sp³-hybridized carbons (Fsp3) is 0.280. The van der Waals surface area contributed by atoms with Crippen molar-refractivity contribution in [3.63, 3.8) is 0 Å². The third-order valence-corrected chi connectivity index (χ3v) is 6.67. The molecule has 3 aromatic rings. The molecule has 160 valence electrons. The molecule has 0 fully saturated rings. The van der Waals surface area contributed by atoms with Gasteiger partial charge in [-0.25, -0.2) is 0 Å². The van der Waals surface area contributed by atoms with Crippen LogP contribution < -0.4 is 10.1 Å². The molecule has 1 aliphatic heterocycles. The van der Waals surface area contributed by atoms with Crippen LogP contribution in [0.15, 0.2) is 53.9 Å². The first-order chi connectivity index (χ1) is 15.1. The van der Waals surface area contributed by atoms with Crippen molar-refractivity contribution in [1.82, 2.24) is 4.90 Å². The number of ether oxygens (including phenoxy) is 1. The van der Waals surface area contributed by atoms with E-state index in [9.17, 15) is 9.59 Å². The second-order valence-corrected chi connectivity index (χ2v) is 8.62. The van der Waals surface area contributed by atoms with Crippen LogP contribution in [0, 0.1) is 6.92 Å². The summed E-state index contributed by atoms with van der Waals surface area (Å²) in [6.07, 6.45) is 1.73. The van der Waals surface area contributed by atoms with Gasteiger partial charge in [-0.2, -0.15) is 0 Å². The minimum absolute atomic E-state index is 0.00132. The third-order valence-electron chi connectivity index (χ3n) is 5.65. The first kappa shape index (κ1) is 21.1. The summed E-state index contributed by atoms with van der Waals surface area (Å²) in [6, 6.07) is 15.3. The number of hydrogen-bond donors (Lipinski definition) is 1. The molecule has 6 heteroatoms. The van der Waals surface area contributed by atoms with Crippen molar-refractivity contribution in [2.24, 2.45) is 0 Å². The van der Waals surface area contributed by atoms with Crippen LogP contribution >= 0.6 is 11.3 Å². The monoisotopic (exact) mass is 434 g/mol. The Hall–Kier alpha value is -3.12. The summed E-state index contributed by atoms with van der Waals surface area (Å²) >= 11 is 1.76. The van der Waals surface area contributed by atoms with E-state index in [1.54, 1.807) is 11.3 Å². The van der Waals surface area contributed by atoms with Crippen molar-refractivity contribution in [3.8, 4) is 5.75 Å². The van der Waals surface area contributed by atoms with Gasteiger partial charge in [0.1, 0.15) is 5.75 Å². The first-order valence-electron chi connectivity index (χ1n) is 10.5. The maximum atomic E-state index is 13.2. The van der Waals surface area contributed by atoms with Gasteiger partial charge in [-0.3, -0.25) is 9.59 Å². The Bertz CT molecular complexity index is 1110. The molecule has 0 spiro atoms. The number of rotatable bonds is 6. The second-order valence-electron chi connectivity index (χ2n) is 7.62.